The zero-order chi connectivity index (χ0) is 27.7. The Hall–Kier alpha value is -3.18. The van der Waals surface area contributed by atoms with Crippen molar-refractivity contribution in [3.63, 3.8) is 0 Å². The number of hydrogen-bond donors (Lipinski definition) is 4. The number of aromatic amines is 1. The Balaban J connectivity index is 0.00000137. The maximum Gasteiger partial charge on any atom is 0.328 e. The molecule has 202 valence electrons. The van der Waals surface area contributed by atoms with Crippen LogP contribution in [0.25, 0.3) is 11.2 Å². The van der Waals surface area contributed by atoms with Gasteiger partial charge >= 0.3 is 11.7 Å². The summed E-state index contributed by atoms with van der Waals surface area (Å²) in [7, 11) is 1.57. The molecule has 0 atom stereocenters. The second-order valence-electron chi connectivity index (χ2n) is 7.71. The van der Waals surface area contributed by atoms with Crippen molar-refractivity contribution in [3.8, 4) is 6.01 Å². The Morgan fingerprint density at radius 3 is 2.17 bits per heavy atom. The molecular weight excluding hydrogens is 478 g/mol. The monoisotopic (exact) mass is 521 g/mol. The van der Waals surface area contributed by atoms with Gasteiger partial charge in [0.1, 0.15) is 12.1 Å². The van der Waals surface area contributed by atoms with E-state index in [2.05, 4.69) is 41.0 Å². The normalized spacial score (nSPS) is 9.81. The van der Waals surface area contributed by atoms with Crippen LogP contribution in [0.3, 0.4) is 0 Å². The highest BCUT2D eigenvalue weighted by Gasteiger charge is 2.15. The summed E-state index contributed by atoms with van der Waals surface area (Å²) in [6.07, 6.45) is 0. The minimum absolute atomic E-state index is 0.0916. The predicted molar refractivity (Wildman–Crippen MR) is 152 cm³/mol. The van der Waals surface area contributed by atoms with Gasteiger partial charge in [-0.1, -0.05) is 72.7 Å². The number of anilines is 1. The summed E-state index contributed by atoms with van der Waals surface area (Å²) in [5.74, 6) is 0.979. The summed E-state index contributed by atoms with van der Waals surface area (Å²) >= 11 is 4.80. The largest absolute Gasteiger partial charge is 0.461 e. The molecule has 10 nitrogen and oxygen atoms in total. The summed E-state index contributed by atoms with van der Waals surface area (Å²) in [4.78, 5) is 23.5. The standard InChI is InChI=1S/C17H21N7O3S.C4H10.2C2H6/c1-26-6-7-27-16-22-13(18)12-14(23-16)24(17(25)21-12)9-11-4-2-10(3-5-11)8-20-15(19)28;1-4(2)3;2*1-2/h2-5H,6-9H2,1H3,(H,21,25)(H2,18,22,23)(H3,19,20,28);4H,1-3H3;2*1-2H3. The summed E-state index contributed by atoms with van der Waals surface area (Å²) in [6.45, 7) is 16.0. The van der Waals surface area contributed by atoms with Gasteiger partial charge < -0.3 is 31.2 Å². The number of nitrogen functional groups attached to an aromatic ring is 1. The maximum atomic E-state index is 12.4. The molecule has 3 aromatic rings. The minimum atomic E-state index is -0.329. The van der Waals surface area contributed by atoms with Crippen LogP contribution in [0.5, 0.6) is 6.01 Å². The van der Waals surface area contributed by atoms with Crippen LogP contribution in [0.15, 0.2) is 29.1 Å². The van der Waals surface area contributed by atoms with Crippen LogP contribution in [-0.4, -0.2) is 45.0 Å². The van der Waals surface area contributed by atoms with Crippen molar-refractivity contribution < 1.29 is 9.47 Å². The molecule has 3 rings (SSSR count). The van der Waals surface area contributed by atoms with Crippen molar-refractivity contribution >= 4 is 34.3 Å². The van der Waals surface area contributed by atoms with E-state index < -0.39 is 0 Å². The van der Waals surface area contributed by atoms with E-state index in [1.165, 1.54) is 4.57 Å². The number of nitrogens with one attached hydrogen (secondary N) is 2. The van der Waals surface area contributed by atoms with Crippen LogP contribution in [0.4, 0.5) is 5.82 Å². The van der Waals surface area contributed by atoms with Gasteiger partial charge in [-0.2, -0.15) is 9.97 Å². The molecule has 1 aromatic carbocycles. The minimum Gasteiger partial charge on any atom is -0.461 e. The van der Waals surface area contributed by atoms with Crippen LogP contribution < -0.4 is 27.2 Å². The Kier molecular flexibility index (Phi) is 16.5. The Morgan fingerprint density at radius 2 is 1.64 bits per heavy atom. The number of fused-ring (bicyclic) bond motifs is 1. The smallest absolute Gasteiger partial charge is 0.328 e. The lowest BCUT2D eigenvalue weighted by atomic mass is 10.1. The zero-order valence-corrected chi connectivity index (χ0v) is 23.7. The fraction of sp³-hybridized carbons (Fsp3) is 0.520. The first-order chi connectivity index (χ1) is 17.2. The molecule has 0 fully saturated rings. The van der Waals surface area contributed by atoms with Crippen LogP contribution >= 0.6 is 12.2 Å². The molecule has 0 spiro atoms. The second-order valence-corrected chi connectivity index (χ2v) is 8.15. The van der Waals surface area contributed by atoms with Gasteiger partial charge in [-0.15, -0.1) is 0 Å². The number of benzene rings is 1. The first kappa shape index (κ1) is 32.8. The predicted octanol–water partition coefficient (Wildman–Crippen LogP) is 3.82. The number of H-pyrrole nitrogens is 1. The van der Waals surface area contributed by atoms with Gasteiger partial charge in [0, 0.05) is 13.7 Å². The van der Waals surface area contributed by atoms with Gasteiger partial charge in [-0.3, -0.25) is 4.57 Å². The van der Waals surface area contributed by atoms with E-state index in [0.29, 0.717) is 30.9 Å². The topological polar surface area (TPSA) is 146 Å². The van der Waals surface area contributed by atoms with E-state index in [9.17, 15) is 4.79 Å². The molecular formula is C25H43N7O3S. The molecule has 11 heteroatoms. The van der Waals surface area contributed by atoms with Gasteiger partial charge in [0.15, 0.2) is 16.6 Å². The Bertz CT molecular complexity index is 1080. The van der Waals surface area contributed by atoms with Crippen molar-refractivity contribution in [1.29, 1.82) is 0 Å². The summed E-state index contributed by atoms with van der Waals surface area (Å²) in [6, 6.07) is 7.80. The van der Waals surface area contributed by atoms with Crippen molar-refractivity contribution in [3.05, 3.63) is 45.9 Å². The number of hydrogen-bond acceptors (Lipinski definition) is 7. The Morgan fingerprint density at radius 1 is 1.08 bits per heavy atom. The van der Waals surface area contributed by atoms with E-state index in [4.69, 9.17) is 33.2 Å². The number of ether oxygens (including phenoxy) is 2. The summed E-state index contributed by atoms with van der Waals surface area (Å²) in [5, 5.41) is 3.13. The molecule has 36 heavy (non-hydrogen) atoms. The first-order valence-electron chi connectivity index (χ1n) is 12.2. The number of imidazole rings is 1. The van der Waals surface area contributed by atoms with Crippen molar-refractivity contribution in [2.24, 2.45) is 11.7 Å². The number of nitrogens with zero attached hydrogens (tertiary/aromatic N) is 3. The van der Waals surface area contributed by atoms with Gasteiger partial charge in [0.25, 0.3) is 0 Å². The maximum absolute atomic E-state index is 12.4. The highest BCUT2D eigenvalue weighted by Crippen LogP contribution is 2.18. The molecule has 0 radical (unpaired) electrons. The molecule has 0 aliphatic carbocycles. The van der Waals surface area contributed by atoms with E-state index in [1.54, 1.807) is 7.11 Å². The molecule has 2 heterocycles. The van der Waals surface area contributed by atoms with Crippen molar-refractivity contribution in [1.82, 2.24) is 24.8 Å². The third kappa shape index (κ3) is 11.5. The SMILES string of the molecule is CC.CC.CC(C)C.COCCOc1nc(N)c2[nH]c(=O)n(Cc3ccc(CNC(N)=S)cc3)c2n1. The fourth-order valence-electron chi connectivity index (χ4n) is 2.59. The van der Waals surface area contributed by atoms with E-state index in [0.717, 1.165) is 17.0 Å². The first-order valence-corrected chi connectivity index (χ1v) is 12.6. The number of methoxy groups -OCH3 is 1. The van der Waals surface area contributed by atoms with Gasteiger partial charge in [-0.05, 0) is 29.3 Å². The average Bonchev–Trinajstić information content (AvgIpc) is 3.16. The highest BCUT2D eigenvalue weighted by atomic mass is 32.1. The summed E-state index contributed by atoms with van der Waals surface area (Å²) < 4.78 is 11.8. The lowest BCUT2D eigenvalue weighted by molar-refractivity contribution is 0.141. The highest BCUT2D eigenvalue weighted by molar-refractivity contribution is 7.80. The molecule has 0 unspecified atom stereocenters. The lowest BCUT2D eigenvalue weighted by Gasteiger charge is -2.08. The molecule has 0 saturated carbocycles. The average molecular weight is 522 g/mol. The van der Waals surface area contributed by atoms with E-state index >= 15 is 0 Å². The third-order valence-electron chi connectivity index (χ3n) is 3.98. The van der Waals surface area contributed by atoms with Crippen molar-refractivity contribution in [2.45, 2.75) is 61.6 Å². The van der Waals surface area contributed by atoms with Gasteiger partial charge in [-0.25, -0.2) is 4.79 Å². The van der Waals surface area contributed by atoms with Crippen LogP contribution in [0.2, 0.25) is 0 Å². The summed E-state index contributed by atoms with van der Waals surface area (Å²) in [5.41, 5.74) is 13.7. The second kappa shape index (κ2) is 18.1. The number of nitrogens with two attached hydrogens (primary N) is 2. The van der Waals surface area contributed by atoms with E-state index in [1.807, 2.05) is 52.0 Å². The number of thiocarbonyl (C=S) groups is 1. The molecule has 0 aliphatic rings. The Labute approximate surface area is 219 Å². The number of aromatic nitrogens is 4. The molecule has 6 N–H and O–H groups in total. The third-order valence-corrected chi connectivity index (χ3v) is 4.12. The van der Waals surface area contributed by atoms with Crippen LogP contribution in [-0.2, 0) is 17.8 Å². The van der Waals surface area contributed by atoms with Gasteiger partial charge in [0.2, 0.25) is 0 Å². The molecule has 0 bridgehead atoms. The number of rotatable bonds is 8. The van der Waals surface area contributed by atoms with Crippen LogP contribution in [0.1, 0.15) is 59.6 Å². The molecule has 0 saturated heterocycles. The lowest BCUT2D eigenvalue weighted by Crippen LogP contribution is -2.28. The fourth-order valence-corrected chi connectivity index (χ4v) is 2.66. The zero-order valence-electron chi connectivity index (χ0n) is 22.8. The van der Waals surface area contributed by atoms with Gasteiger partial charge in [0.05, 0.1) is 13.2 Å². The van der Waals surface area contributed by atoms with Crippen LogP contribution in [0, 0.1) is 5.92 Å². The van der Waals surface area contributed by atoms with Crippen molar-refractivity contribution in [2.75, 3.05) is 26.1 Å². The quantitative estimate of drug-likeness (QED) is 0.256. The van der Waals surface area contributed by atoms with E-state index in [-0.39, 0.29) is 29.2 Å². The molecule has 0 amide bonds. The molecule has 2 aromatic heterocycles. The molecule has 0 aliphatic heterocycles.